The first-order chi connectivity index (χ1) is 10.6. The summed E-state index contributed by atoms with van der Waals surface area (Å²) >= 11 is 3.78. The van der Waals surface area contributed by atoms with Crippen LogP contribution >= 0.6 is 23.1 Å². The fourth-order valence-corrected chi connectivity index (χ4v) is 5.11. The first-order valence-corrected chi connectivity index (χ1v) is 9.80. The van der Waals surface area contributed by atoms with Crippen LogP contribution in [-0.2, 0) is 4.74 Å². The zero-order chi connectivity index (χ0) is 17.3. The quantitative estimate of drug-likeness (QED) is 0.830. The lowest BCUT2D eigenvalue weighted by molar-refractivity contribution is 0.0470. The second-order valence-corrected chi connectivity index (χ2v) is 10.4. The molecule has 0 aromatic carbocycles. The van der Waals surface area contributed by atoms with Gasteiger partial charge < -0.3 is 15.4 Å². The molecule has 0 saturated carbocycles. The molecule has 1 aliphatic heterocycles. The van der Waals surface area contributed by atoms with Crippen LogP contribution in [0, 0.1) is 0 Å². The van der Waals surface area contributed by atoms with Gasteiger partial charge in [0.05, 0.1) is 9.75 Å². The number of rotatable bonds is 4. The minimum Gasteiger partial charge on any atom is -0.444 e. The van der Waals surface area contributed by atoms with Crippen molar-refractivity contribution in [1.29, 1.82) is 0 Å². The van der Waals surface area contributed by atoms with Gasteiger partial charge in [0.2, 0.25) is 0 Å². The van der Waals surface area contributed by atoms with Crippen LogP contribution in [0.1, 0.15) is 59.6 Å². The normalized spacial score (nSPS) is 21.7. The molecule has 130 valence electrons. The first kappa shape index (κ1) is 18.6. The van der Waals surface area contributed by atoms with Gasteiger partial charge in [-0.15, -0.1) is 23.1 Å². The molecule has 23 heavy (non-hydrogen) atoms. The predicted octanol–water partition coefficient (Wildman–Crippen LogP) is 4.57. The van der Waals surface area contributed by atoms with Crippen LogP contribution in [0.3, 0.4) is 0 Å². The Morgan fingerprint density at radius 3 is 2.70 bits per heavy atom. The Bertz CT molecular complexity index is 549. The van der Waals surface area contributed by atoms with Crippen molar-refractivity contribution < 1.29 is 9.53 Å². The zero-order valence-corrected chi connectivity index (χ0v) is 16.5. The molecule has 0 aliphatic carbocycles. The Labute approximate surface area is 147 Å². The van der Waals surface area contributed by atoms with Crippen molar-refractivity contribution >= 4 is 29.2 Å². The number of thiophene rings is 1. The largest absolute Gasteiger partial charge is 0.444 e. The molecule has 1 amide bonds. The molecule has 0 bridgehead atoms. The summed E-state index contributed by atoms with van der Waals surface area (Å²) in [4.78, 5) is 12.0. The lowest BCUT2D eigenvalue weighted by Crippen LogP contribution is -2.52. The molecule has 0 fully saturated rings. The van der Waals surface area contributed by atoms with E-state index in [1.165, 1.54) is 9.77 Å². The monoisotopic (exact) mass is 356 g/mol. The first-order valence-electron chi connectivity index (χ1n) is 8.04. The van der Waals surface area contributed by atoms with Crippen molar-refractivity contribution in [1.82, 2.24) is 10.6 Å². The highest BCUT2D eigenvalue weighted by Gasteiger charge is 2.29. The van der Waals surface area contributed by atoms with Crippen molar-refractivity contribution in [2.45, 2.75) is 74.6 Å². The number of carbonyl (C=O) groups is 1. The summed E-state index contributed by atoms with van der Waals surface area (Å²) in [5.74, 6) is 0. The van der Waals surface area contributed by atoms with Gasteiger partial charge in [0, 0.05) is 17.8 Å². The summed E-state index contributed by atoms with van der Waals surface area (Å²) < 4.78 is 6.76. The lowest BCUT2D eigenvalue weighted by Gasteiger charge is -2.33. The van der Waals surface area contributed by atoms with Crippen molar-refractivity contribution in [2.75, 3.05) is 6.54 Å². The molecule has 2 heterocycles. The topological polar surface area (TPSA) is 50.4 Å². The molecule has 1 aromatic heterocycles. The molecular weight excluding hydrogens is 328 g/mol. The number of carbonyl (C=O) groups excluding carboxylic acids is 1. The third-order valence-electron chi connectivity index (χ3n) is 3.54. The van der Waals surface area contributed by atoms with Crippen molar-refractivity contribution in [2.24, 2.45) is 0 Å². The second kappa shape index (κ2) is 7.03. The Kier molecular flexibility index (Phi) is 5.69. The van der Waals surface area contributed by atoms with Crippen molar-refractivity contribution in [3.05, 3.63) is 17.0 Å². The molecule has 0 radical (unpaired) electrons. The number of hydrogen-bond donors (Lipinski definition) is 2. The predicted molar refractivity (Wildman–Crippen MR) is 98.4 cm³/mol. The average Bonchev–Trinajstić information content (AvgIpc) is 2.80. The van der Waals surface area contributed by atoms with Crippen LogP contribution in [0.15, 0.2) is 15.7 Å². The van der Waals surface area contributed by atoms with E-state index < -0.39 is 5.60 Å². The molecule has 1 aromatic rings. The standard InChI is InChI=1S/C17H28N2O2S2/c1-11-9-13(12-7-8-22-14(12)23-11)18-10-17(5,6)19-15(20)21-16(2,3)4/h7-8,11,13,18H,9-10H2,1-6H3,(H,19,20)/t11-,13?/m0/s1. The fraction of sp³-hybridized carbons (Fsp3) is 0.706. The van der Waals surface area contributed by atoms with Crippen LogP contribution in [0.5, 0.6) is 0 Å². The van der Waals surface area contributed by atoms with Gasteiger partial charge in [-0.25, -0.2) is 4.79 Å². The van der Waals surface area contributed by atoms with Gasteiger partial charge in [-0.05, 0) is 58.0 Å². The summed E-state index contributed by atoms with van der Waals surface area (Å²) in [6.45, 7) is 12.6. The Morgan fingerprint density at radius 1 is 1.35 bits per heavy atom. The van der Waals surface area contributed by atoms with Crippen LogP contribution in [0.4, 0.5) is 4.79 Å². The minimum absolute atomic E-state index is 0.354. The minimum atomic E-state index is -0.477. The molecule has 0 saturated heterocycles. The van der Waals surface area contributed by atoms with E-state index in [1.54, 1.807) is 0 Å². The number of thioether (sulfide) groups is 1. The van der Waals surface area contributed by atoms with Crippen molar-refractivity contribution in [3.63, 3.8) is 0 Å². The molecule has 6 heteroatoms. The maximum Gasteiger partial charge on any atom is 0.408 e. The van der Waals surface area contributed by atoms with Crippen LogP contribution < -0.4 is 10.6 Å². The molecule has 4 nitrogen and oxygen atoms in total. The number of ether oxygens (including phenoxy) is 1. The van der Waals surface area contributed by atoms with E-state index >= 15 is 0 Å². The van der Waals surface area contributed by atoms with E-state index in [0.717, 1.165) is 6.42 Å². The molecular formula is C17H28N2O2S2. The smallest absolute Gasteiger partial charge is 0.408 e. The summed E-state index contributed by atoms with van der Waals surface area (Å²) in [5, 5.41) is 9.35. The fourth-order valence-electron chi connectivity index (χ4n) is 2.54. The van der Waals surface area contributed by atoms with E-state index in [-0.39, 0.29) is 11.6 Å². The molecule has 2 rings (SSSR count). The van der Waals surface area contributed by atoms with Gasteiger partial charge in [-0.2, -0.15) is 0 Å². The summed E-state index contributed by atoms with van der Waals surface area (Å²) in [6, 6.07) is 2.57. The van der Waals surface area contributed by atoms with Gasteiger partial charge in [0.25, 0.3) is 0 Å². The van der Waals surface area contributed by atoms with E-state index in [0.29, 0.717) is 17.8 Å². The summed E-state index contributed by atoms with van der Waals surface area (Å²) in [7, 11) is 0. The van der Waals surface area contributed by atoms with E-state index in [1.807, 2.05) is 57.7 Å². The zero-order valence-electron chi connectivity index (χ0n) is 14.9. The maximum atomic E-state index is 12.0. The van der Waals surface area contributed by atoms with Crippen molar-refractivity contribution in [3.8, 4) is 0 Å². The van der Waals surface area contributed by atoms with E-state index in [4.69, 9.17) is 4.74 Å². The number of alkyl carbamates (subject to hydrolysis) is 1. The summed E-state index contributed by atoms with van der Waals surface area (Å²) in [6.07, 6.45) is 0.741. The molecule has 2 N–H and O–H groups in total. The highest BCUT2D eigenvalue weighted by Crippen LogP contribution is 2.43. The number of hydrogen-bond acceptors (Lipinski definition) is 5. The Hall–Kier alpha value is -0.720. The molecule has 1 unspecified atom stereocenters. The molecule has 0 spiro atoms. The SMILES string of the molecule is C[C@H]1CC(NCC(C)(C)NC(=O)OC(C)(C)C)c2ccsc2S1. The third kappa shape index (κ3) is 5.69. The third-order valence-corrected chi connectivity index (χ3v) is 5.88. The highest BCUT2D eigenvalue weighted by atomic mass is 32.2. The van der Waals surface area contributed by atoms with Crippen LogP contribution in [-0.4, -0.2) is 29.0 Å². The number of fused-ring (bicyclic) bond motifs is 1. The highest BCUT2D eigenvalue weighted by molar-refractivity contribution is 8.01. The van der Waals surface area contributed by atoms with Crippen LogP contribution in [0.25, 0.3) is 0 Å². The van der Waals surface area contributed by atoms with E-state index in [9.17, 15) is 4.79 Å². The summed E-state index contributed by atoms with van der Waals surface area (Å²) in [5.41, 5.74) is 0.549. The molecule has 1 aliphatic rings. The Balaban J connectivity index is 1.91. The van der Waals surface area contributed by atoms with E-state index in [2.05, 4.69) is 29.0 Å². The van der Waals surface area contributed by atoms with Gasteiger partial charge in [0.1, 0.15) is 5.60 Å². The molecule has 2 atom stereocenters. The second-order valence-electron chi connectivity index (χ2n) is 7.77. The van der Waals surface area contributed by atoms with Gasteiger partial charge in [-0.1, -0.05) is 6.92 Å². The van der Waals surface area contributed by atoms with Crippen LogP contribution in [0.2, 0.25) is 0 Å². The number of amides is 1. The van der Waals surface area contributed by atoms with Gasteiger partial charge in [-0.3, -0.25) is 0 Å². The average molecular weight is 357 g/mol. The maximum absolute atomic E-state index is 12.0. The van der Waals surface area contributed by atoms with Gasteiger partial charge >= 0.3 is 6.09 Å². The lowest BCUT2D eigenvalue weighted by atomic mass is 10.0. The van der Waals surface area contributed by atoms with Gasteiger partial charge in [0.15, 0.2) is 0 Å². The number of nitrogens with one attached hydrogen (secondary N) is 2. The Morgan fingerprint density at radius 2 is 2.04 bits per heavy atom.